The van der Waals surface area contributed by atoms with Crippen LogP contribution in [0.2, 0.25) is 0 Å². The van der Waals surface area contributed by atoms with Crippen LogP contribution in [0, 0.1) is 20.2 Å². The highest BCUT2D eigenvalue weighted by Crippen LogP contribution is 2.33. The molecule has 1 aromatic carbocycles. The van der Waals surface area contributed by atoms with E-state index < -0.39 is 9.85 Å². The number of rotatable bonds is 4. The van der Waals surface area contributed by atoms with Gasteiger partial charge in [0.05, 0.1) is 22.0 Å². The fraction of sp³-hybridized carbons (Fsp3) is 0.500. The lowest BCUT2D eigenvalue weighted by atomic mass is 9.94. The smallest absolute Gasteiger partial charge is 0.317 e. The lowest BCUT2D eigenvalue weighted by Crippen LogP contribution is -2.31. The van der Waals surface area contributed by atoms with E-state index in [1.165, 1.54) is 12.1 Å². The van der Waals surface area contributed by atoms with Crippen LogP contribution in [0.5, 0.6) is 5.75 Å². The summed E-state index contributed by atoms with van der Waals surface area (Å²) in [5.74, 6) is 0.0704. The Kier molecular flexibility index (Phi) is 4.14. The first-order valence-electron chi connectivity index (χ1n) is 6.32. The largest absolute Gasteiger partial charge is 0.483 e. The van der Waals surface area contributed by atoms with E-state index in [0.29, 0.717) is 0 Å². The summed E-state index contributed by atoms with van der Waals surface area (Å²) in [6.07, 6.45) is 2.96. The predicted molar refractivity (Wildman–Crippen MR) is 70.6 cm³/mol. The molecule has 108 valence electrons. The maximum absolute atomic E-state index is 11.0. The van der Waals surface area contributed by atoms with Gasteiger partial charge in [0, 0.05) is 12.1 Å². The zero-order valence-electron chi connectivity index (χ0n) is 10.7. The predicted octanol–water partition coefficient (Wildman–Crippen LogP) is 2.15. The highest BCUT2D eigenvalue weighted by molar-refractivity contribution is 5.53. The van der Waals surface area contributed by atoms with Crippen LogP contribution in [-0.2, 0) is 0 Å². The monoisotopic (exact) mass is 281 g/mol. The Balaban J connectivity index is 2.18. The standard InChI is InChI=1S/C12H15N3O5/c13-8-1-4-10(5-2-8)20-12-6-3-9(14(16)17)7-11(12)15(18)19/h3,6-8,10H,1-2,4-5,13H2. The van der Waals surface area contributed by atoms with Gasteiger partial charge in [0.2, 0.25) is 0 Å². The molecule has 0 atom stereocenters. The Morgan fingerprint density at radius 2 is 1.75 bits per heavy atom. The molecule has 8 nitrogen and oxygen atoms in total. The molecule has 2 N–H and O–H groups in total. The van der Waals surface area contributed by atoms with E-state index >= 15 is 0 Å². The van der Waals surface area contributed by atoms with Crippen molar-refractivity contribution >= 4 is 11.4 Å². The van der Waals surface area contributed by atoms with Crippen molar-refractivity contribution < 1.29 is 14.6 Å². The van der Waals surface area contributed by atoms with Gasteiger partial charge in [-0.1, -0.05) is 0 Å². The molecular formula is C12H15N3O5. The summed E-state index contributed by atoms with van der Waals surface area (Å²) >= 11 is 0. The Hall–Kier alpha value is -2.22. The SMILES string of the molecule is NC1CCC(Oc2ccc([N+](=O)[O-])cc2[N+](=O)[O-])CC1. The van der Waals surface area contributed by atoms with Crippen molar-refractivity contribution in [2.75, 3.05) is 0 Å². The van der Waals surface area contributed by atoms with Crippen LogP contribution < -0.4 is 10.5 Å². The summed E-state index contributed by atoms with van der Waals surface area (Å²) in [6.45, 7) is 0. The van der Waals surface area contributed by atoms with E-state index in [-0.39, 0.29) is 29.3 Å². The molecule has 0 radical (unpaired) electrons. The summed E-state index contributed by atoms with van der Waals surface area (Å²) in [6, 6.07) is 3.56. The minimum absolute atomic E-state index is 0.0704. The zero-order valence-corrected chi connectivity index (χ0v) is 10.7. The third kappa shape index (κ3) is 3.21. The van der Waals surface area contributed by atoms with Gasteiger partial charge in [-0.15, -0.1) is 0 Å². The van der Waals surface area contributed by atoms with Crippen LogP contribution in [0.3, 0.4) is 0 Å². The number of nitro benzene ring substituents is 2. The van der Waals surface area contributed by atoms with Gasteiger partial charge in [0.25, 0.3) is 5.69 Å². The Labute approximate surface area is 114 Å². The summed E-state index contributed by atoms with van der Waals surface area (Å²) < 4.78 is 5.61. The van der Waals surface area contributed by atoms with Crippen molar-refractivity contribution in [3.8, 4) is 5.75 Å². The average Bonchev–Trinajstić information content (AvgIpc) is 2.41. The molecule has 0 spiro atoms. The van der Waals surface area contributed by atoms with E-state index in [2.05, 4.69) is 0 Å². The molecule has 0 amide bonds. The highest BCUT2D eigenvalue weighted by Gasteiger charge is 2.25. The second-order valence-corrected chi connectivity index (χ2v) is 4.82. The Morgan fingerprint density at radius 1 is 1.10 bits per heavy atom. The molecule has 0 unspecified atom stereocenters. The van der Waals surface area contributed by atoms with E-state index in [4.69, 9.17) is 10.5 Å². The van der Waals surface area contributed by atoms with Crippen LogP contribution in [0.1, 0.15) is 25.7 Å². The Bertz CT molecular complexity index is 526. The third-order valence-corrected chi connectivity index (χ3v) is 3.36. The molecule has 8 heteroatoms. The molecule has 1 aliphatic carbocycles. The van der Waals surface area contributed by atoms with Crippen LogP contribution >= 0.6 is 0 Å². The van der Waals surface area contributed by atoms with Crippen molar-refractivity contribution in [1.29, 1.82) is 0 Å². The minimum Gasteiger partial charge on any atom is -0.483 e. The number of nitrogens with two attached hydrogens (primary N) is 1. The van der Waals surface area contributed by atoms with E-state index in [1.807, 2.05) is 0 Å². The lowest BCUT2D eigenvalue weighted by Gasteiger charge is -2.26. The number of nitrogens with zero attached hydrogens (tertiary/aromatic N) is 2. The van der Waals surface area contributed by atoms with Gasteiger partial charge in [0.15, 0.2) is 5.75 Å². The number of benzene rings is 1. The van der Waals surface area contributed by atoms with Crippen LogP contribution in [0.4, 0.5) is 11.4 Å². The van der Waals surface area contributed by atoms with Crippen LogP contribution in [-0.4, -0.2) is 22.0 Å². The van der Waals surface area contributed by atoms with E-state index in [9.17, 15) is 20.2 Å². The van der Waals surface area contributed by atoms with Crippen molar-refractivity contribution in [3.63, 3.8) is 0 Å². The molecule has 1 saturated carbocycles. The van der Waals surface area contributed by atoms with Gasteiger partial charge >= 0.3 is 5.69 Å². The zero-order chi connectivity index (χ0) is 14.7. The van der Waals surface area contributed by atoms with Gasteiger partial charge in [-0.05, 0) is 31.7 Å². The molecule has 0 bridgehead atoms. The molecule has 0 aromatic heterocycles. The first-order chi connectivity index (χ1) is 9.47. The molecule has 1 aliphatic rings. The Morgan fingerprint density at radius 3 is 2.30 bits per heavy atom. The second kappa shape index (κ2) is 5.83. The van der Waals surface area contributed by atoms with Crippen LogP contribution in [0.15, 0.2) is 18.2 Å². The molecule has 0 heterocycles. The lowest BCUT2D eigenvalue weighted by molar-refractivity contribution is -0.394. The quantitative estimate of drug-likeness (QED) is 0.666. The number of hydrogen-bond donors (Lipinski definition) is 1. The molecule has 2 rings (SSSR count). The van der Waals surface area contributed by atoms with Gasteiger partial charge in [-0.25, -0.2) is 0 Å². The number of ether oxygens (including phenoxy) is 1. The first-order valence-corrected chi connectivity index (χ1v) is 6.32. The topological polar surface area (TPSA) is 122 Å². The molecule has 20 heavy (non-hydrogen) atoms. The minimum atomic E-state index is -0.670. The van der Waals surface area contributed by atoms with Gasteiger partial charge in [-0.3, -0.25) is 20.2 Å². The molecule has 1 fully saturated rings. The number of nitro groups is 2. The van der Waals surface area contributed by atoms with E-state index in [0.717, 1.165) is 31.7 Å². The summed E-state index contributed by atoms with van der Waals surface area (Å²) in [5.41, 5.74) is 5.08. The van der Waals surface area contributed by atoms with Crippen molar-refractivity contribution in [2.24, 2.45) is 5.73 Å². The fourth-order valence-corrected chi connectivity index (χ4v) is 2.25. The summed E-state index contributed by atoms with van der Waals surface area (Å²) in [5, 5.41) is 21.6. The summed E-state index contributed by atoms with van der Waals surface area (Å²) in [7, 11) is 0. The molecular weight excluding hydrogens is 266 g/mol. The maximum Gasteiger partial charge on any atom is 0.317 e. The second-order valence-electron chi connectivity index (χ2n) is 4.82. The number of hydrogen-bond acceptors (Lipinski definition) is 6. The van der Waals surface area contributed by atoms with Crippen molar-refractivity contribution in [1.82, 2.24) is 0 Å². The normalized spacial score (nSPS) is 22.2. The third-order valence-electron chi connectivity index (χ3n) is 3.36. The first kappa shape index (κ1) is 14.2. The number of non-ortho nitro benzene ring substituents is 1. The van der Waals surface area contributed by atoms with Crippen LogP contribution in [0.25, 0.3) is 0 Å². The summed E-state index contributed by atoms with van der Waals surface area (Å²) in [4.78, 5) is 20.3. The average molecular weight is 281 g/mol. The fourth-order valence-electron chi connectivity index (χ4n) is 2.25. The van der Waals surface area contributed by atoms with Crippen molar-refractivity contribution in [3.05, 3.63) is 38.4 Å². The van der Waals surface area contributed by atoms with Gasteiger partial charge in [-0.2, -0.15) is 0 Å². The van der Waals surface area contributed by atoms with Gasteiger partial charge < -0.3 is 10.5 Å². The molecule has 0 aliphatic heterocycles. The van der Waals surface area contributed by atoms with E-state index in [1.54, 1.807) is 0 Å². The molecule has 0 saturated heterocycles. The molecule has 1 aromatic rings. The van der Waals surface area contributed by atoms with Gasteiger partial charge in [0.1, 0.15) is 0 Å². The maximum atomic E-state index is 11.0. The highest BCUT2D eigenvalue weighted by atomic mass is 16.6. The van der Waals surface area contributed by atoms with Crippen molar-refractivity contribution in [2.45, 2.75) is 37.8 Å².